The molecule has 2 nitrogen and oxygen atoms in total. The smallest absolute Gasteiger partial charge is 0.0746 e. The van der Waals surface area contributed by atoms with Gasteiger partial charge in [-0.3, -0.25) is 0 Å². The van der Waals surface area contributed by atoms with Crippen LogP contribution in [0.4, 0.5) is 0 Å². The number of hydrogen-bond acceptors (Lipinski definition) is 2. The Labute approximate surface area is 88.1 Å². The van der Waals surface area contributed by atoms with Crippen molar-refractivity contribution in [3.8, 4) is 0 Å². The molecule has 0 aromatic carbocycles. The van der Waals surface area contributed by atoms with Gasteiger partial charge in [0, 0.05) is 6.54 Å². The summed E-state index contributed by atoms with van der Waals surface area (Å²) in [5.41, 5.74) is -0.530. The highest BCUT2D eigenvalue weighted by Gasteiger charge is 2.23. The van der Waals surface area contributed by atoms with E-state index in [0.717, 1.165) is 25.4 Å². The third-order valence-electron chi connectivity index (χ3n) is 3.01. The molecule has 84 valence electrons. The van der Waals surface area contributed by atoms with Crippen molar-refractivity contribution in [1.29, 1.82) is 0 Å². The van der Waals surface area contributed by atoms with E-state index in [1.165, 1.54) is 19.3 Å². The van der Waals surface area contributed by atoms with Crippen LogP contribution >= 0.6 is 0 Å². The fourth-order valence-electron chi connectivity index (χ4n) is 2.19. The Morgan fingerprint density at radius 2 is 2.07 bits per heavy atom. The quantitative estimate of drug-likeness (QED) is 0.687. The van der Waals surface area contributed by atoms with Crippen LogP contribution in [-0.2, 0) is 0 Å². The summed E-state index contributed by atoms with van der Waals surface area (Å²) in [6, 6.07) is 0. The van der Waals surface area contributed by atoms with E-state index in [-0.39, 0.29) is 0 Å². The molecule has 0 amide bonds. The first kappa shape index (κ1) is 12.0. The maximum atomic E-state index is 10.0. The van der Waals surface area contributed by atoms with Crippen LogP contribution < -0.4 is 5.32 Å². The van der Waals surface area contributed by atoms with Crippen molar-refractivity contribution in [2.45, 2.75) is 52.1 Å². The number of hydrogen-bond donors (Lipinski definition) is 2. The average Bonchev–Trinajstić information content (AvgIpc) is 1.91. The summed E-state index contributed by atoms with van der Waals surface area (Å²) in [7, 11) is 0. The molecule has 1 aliphatic carbocycles. The lowest BCUT2D eigenvalue weighted by Gasteiger charge is -2.29. The predicted octanol–water partition coefficient (Wildman–Crippen LogP) is 2.17. The third-order valence-corrected chi connectivity index (χ3v) is 3.01. The second kappa shape index (κ2) is 5.13. The molecule has 0 heterocycles. The summed E-state index contributed by atoms with van der Waals surface area (Å²) >= 11 is 0. The molecule has 0 aliphatic heterocycles. The van der Waals surface area contributed by atoms with Gasteiger partial charge in [-0.25, -0.2) is 0 Å². The van der Waals surface area contributed by atoms with Crippen LogP contribution in [0.5, 0.6) is 0 Å². The monoisotopic (exact) mass is 199 g/mol. The van der Waals surface area contributed by atoms with Gasteiger partial charge in [-0.1, -0.05) is 20.3 Å². The van der Waals surface area contributed by atoms with Crippen LogP contribution in [0.15, 0.2) is 0 Å². The molecule has 1 unspecified atom stereocenters. The SMILES string of the molecule is CC(C)CC(C)(O)CNCC1CCC1. The molecule has 0 saturated heterocycles. The van der Waals surface area contributed by atoms with E-state index in [1.54, 1.807) is 0 Å². The highest BCUT2D eigenvalue weighted by Crippen LogP contribution is 2.25. The molecule has 1 aliphatic rings. The molecule has 0 aromatic heterocycles. The Morgan fingerprint density at radius 1 is 1.43 bits per heavy atom. The van der Waals surface area contributed by atoms with E-state index < -0.39 is 5.60 Å². The summed E-state index contributed by atoms with van der Waals surface area (Å²) in [5, 5.41) is 13.4. The number of aliphatic hydroxyl groups is 1. The van der Waals surface area contributed by atoms with Gasteiger partial charge < -0.3 is 10.4 Å². The van der Waals surface area contributed by atoms with E-state index >= 15 is 0 Å². The van der Waals surface area contributed by atoms with E-state index in [4.69, 9.17) is 0 Å². The maximum absolute atomic E-state index is 10.0. The van der Waals surface area contributed by atoms with E-state index in [9.17, 15) is 5.11 Å². The van der Waals surface area contributed by atoms with Crippen molar-refractivity contribution in [2.24, 2.45) is 11.8 Å². The van der Waals surface area contributed by atoms with Crippen LogP contribution in [0, 0.1) is 11.8 Å². The van der Waals surface area contributed by atoms with Gasteiger partial charge in [-0.2, -0.15) is 0 Å². The number of nitrogens with one attached hydrogen (secondary N) is 1. The summed E-state index contributed by atoms with van der Waals surface area (Å²) in [5.74, 6) is 1.44. The Hall–Kier alpha value is -0.0800. The first-order valence-corrected chi connectivity index (χ1v) is 5.93. The van der Waals surface area contributed by atoms with Gasteiger partial charge in [-0.15, -0.1) is 0 Å². The molecule has 14 heavy (non-hydrogen) atoms. The molecular formula is C12H25NO. The zero-order valence-electron chi connectivity index (χ0n) is 9.84. The van der Waals surface area contributed by atoms with Crippen LogP contribution in [0.2, 0.25) is 0 Å². The van der Waals surface area contributed by atoms with E-state index in [0.29, 0.717) is 5.92 Å². The third kappa shape index (κ3) is 4.43. The minimum atomic E-state index is -0.530. The normalized spacial score (nSPS) is 22.1. The zero-order valence-corrected chi connectivity index (χ0v) is 9.84. The standard InChI is InChI=1S/C12H25NO/c1-10(2)7-12(3,14)9-13-8-11-5-4-6-11/h10-11,13-14H,4-9H2,1-3H3. The van der Waals surface area contributed by atoms with Crippen LogP contribution in [0.25, 0.3) is 0 Å². The fourth-order valence-corrected chi connectivity index (χ4v) is 2.19. The van der Waals surface area contributed by atoms with Gasteiger partial charge in [0.05, 0.1) is 5.60 Å². The topological polar surface area (TPSA) is 32.3 Å². The molecule has 1 saturated carbocycles. The fraction of sp³-hybridized carbons (Fsp3) is 1.00. The highest BCUT2D eigenvalue weighted by molar-refractivity contribution is 4.79. The second-order valence-corrected chi connectivity index (χ2v) is 5.52. The van der Waals surface area contributed by atoms with Crippen molar-refractivity contribution >= 4 is 0 Å². The summed E-state index contributed by atoms with van der Waals surface area (Å²) in [4.78, 5) is 0. The Kier molecular flexibility index (Phi) is 4.39. The molecule has 0 spiro atoms. The lowest BCUT2D eigenvalue weighted by atomic mass is 9.85. The Morgan fingerprint density at radius 3 is 2.50 bits per heavy atom. The maximum Gasteiger partial charge on any atom is 0.0746 e. The summed E-state index contributed by atoms with van der Waals surface area (Å²) in [6.45, 7) is 8.07. The molecule has 2 heteroatoms. The van der Waals surface area contributed by atoms with Crippen LogP contribution in [-0.4, -0.2) is 23.8 Å². The average molecular weight is 199 g/mol. The van der Waals surface area contributed by atoms with Crippen molar-refractivity contribution in [3.05, 3.63) is 0 Å². The molecule has 0 radical (unpaired) electrons. The highest BCUT2D eigenvalue weighted by atomic mass is 16.3. The molecule has 0 bridgehead atoms. The predicted molar refractivity (Wildman–Crippen MR) is 60.3 cm³/mol. The molecule has 2 N–H and O–H groups in total. The molecule has 1 atom stereocenters. The minimum Gasteiger partial charge on any atom is -0.389 e. The largest absolute Gasteiger partial charge is 0.389 e. The van der Waals surface area contributed by atoms with Gasteiger partial charge in [0.1, 0.15) is 0 Å². The van der Waals surface area contributed by atoms with Gasteiger partial charge in [0.15, 0.2) is 0 Å². The van der Waals surface area contributed by atoms with Gasteiger partial charge >= 0.3 is 0 Å². The lowest BCUT2D eigenvalue weighted by Crippen LogP contribution is -2.41. The van der Waals surface area contributed by atoms with E-state index in [1.807, 2.05) is 6.92 Å². The minimum absolute atomic E-state index is 0.530. The van der Waals surface area contributed by atoms with Crippen molar-refractivity contribution in [3.63, 3.8) is 0 Å². The van der Waals surface area contributed by atoms with Crippen molar-refractivity contribution < 1.29 is 5.11 Å². The summed E-state index contributed by atoms with van der Waals surface area (Å²) in [6.07, 6.45) is 5.03. The molecule has 0 aromatic rings. The Balaban J connectivity index is 2.08. The van der Waals surface area contributed by atoms with Crippen molar-refractivity contribution in [2.75, 3.05) is 13.1 Å². The molecular weight excluding hydrogens is 174 g/mol. The second-order valence-electron chi connectivity index (χ2n) is 5.52. The lowest BCUT2D eigenvalue weighted by molar-refractivity contribution is 0.0369. The van der Waals surface area contributed by atoms with Gasteiger partial charge in [-0.05, 0) is 44.6 Å². The first-order valence-electron chi connectivity index (χ1n) is 5.93. The Bertz CT molecular complexity index is 162. The van der Waals surface area contributed by atoms with Crippen LogP contribution in [0.1, 0.15) is 46.5 Å². The molecule has 1 rings (SSSR count). The van der Waals surface area contributed by atoms with Crippen molar-refractivity contribution in [1.82, 2.24) is 5.32 Å². The van der Waals surface area contributed by atoms with Gasteiger partial charge in [0.25, 0.3) is 0 Å². The number of rotatable bonds is 6. The molecule has 1 fully saturated rings. The first-order chi connectivity index (χ1) is 6.49. The van der Waals surface area contributed by atoms with E-state index in [2.05, 4.69) is 19.2 Å². The van der Waals surface area contributed by atoms with Crippen LogP contribution in [0.3, 0.4) is 0 Å². The summed E-state index contributed by atoms with van der Waals surface area (Å²) < 4.78 is 0. The zero-order chi connectivity index (χ0) is 10.6. The van der Waals surface area contributed by atoms with Gasteiger partial charge in [0.2, 0.25) is 0 Å².